The Balaban J connectivity index is 1.86. The van der Waals surface area contributed by atoms with Crippen LogP contribution in [-0.2, 0) is 9.59 Å². The topological polar surface area (TPSA) is 82.9 Å². The Bertz CT molecular complexity index is 613. The summed E-state index contributed by atoms with van der Waals surface area (Å²) in [6.45, 7) is 0. The number of carbonyl (C=O) groups excluding carboxylic acids is 2. The minimum Gasteiger partial charge on any atom is -0.273 e. The van der Waals surface area contributed by atoms with Crippen molar-refractivity contribution in [2.75, 3.05) is 0 Å². The second-order valence-corrected chi connectivity index (χ2v) is 4.87. The highest BCUT2D eigenvalue weighted by molar-refractivity contribution is 6.36. The van der Waals surface area contributed by atoms with Crippen molar-refractivity contribution in [3.05, 3.63) is 33.8 Å². The van der Waals surface area contributed by atoms with Crippen molar-refractivity contribution >= 4 is 46.9 Å². The number of hydrogen-bond donors (Lipinski definition) is 2. The summed E-state index contributed by atoms with van der Waals surface area (Å²) in [5.74, 6) is -0.578. The molecule has 0 aromatic heterocycles. The number of benzene rings is 1. The predicted molar refractivity (Wildman–Crippen MR) is 77.0 cm³/mol. The van der Waals surface area contributed by atoms with E-state index in [2.05, 4.69) is 21.1 Å². The van der Waals surface area contributed by atoms with E-state index in [1.165, 1.54) is 6.21 Å². The molecule has 1 aromatic carbocycles. The van der Waals surface area contributed by atoms with Crippen molar-refractivity contribution in [3.8, 4) is 0 Å². The van der Waals surface area contributed by atoms with E-state index in [-0.39, 0.29) is 24.7 Å². The van der Waals surface area contributed by atoms with E-state index < -0.39 is 0 Å². The quantitative estimate of drug-likeness (QED) is 0.655. The molecule has 1 heterocycles. The zero-order chi connectivity index (χ0) is 14.5. The summed E-state index contributed by atoms with van der Waals surface area (Å²) in [6, 6.07) is 4.93. The van der Waals surface area contributed by atoms with E-state index in [0.29, 0.717) is 21.3 Å². The number of amides is 2. The molecule has 2 rings (SSSR count). The first-order valence-corrected chi connectivity index (χ1v) is 6.41. The minimum absolute atomic E-state index is 0.0183. The van der Waals surface area contributed by atoms with Crippen LogP contribution in [0.15, 0.2) is 28.4 Å². The van der Waals surface area contributed by atoms with Crippen LogP contribution in [0, 0.1) is 0 Å². The highest BCUT2D eigenvalue weighted by Gasteiger charge is 2.16. The van der Waals surface area contributed by atoms with Crippen LogP contribution in [0.25, 0.3) is 0 Å². The largest absolute Gasteiger partial charge is 0.273 e. The van der Waals surface area contributed by atoms with Gasteiger partial charge in [0.1, 0.15) is 0 Å². The standard InChI is InChI=1S/C12H10Cl2N4O2/c13-8-2-1-7(10(14)3-8)6-15-17-11(19)4-9-5-12(20)18-16-9/h1-3,6H,4-5H2,(H,17,19)(H,18,20). The van der Waals surface area contributed by atoms with Crippen molar-refractivity contribution in [1.29, 1.82) is 0 Å². The fourth-order valence-electron chi connectivity index (χ4n) is 1.51. The van der Waals surface area contributed by atoms with E-state index >= 15 is 0 Å². The van der Waals surface area contributed by atoms with Gasteiger partial charge in [-0.1, -0.05) is 29.3 Å². The van der Waals surface area contributed by atoms with E-state index in [1.807, 2.05) is 0 Å². The van der Waals surface area contributed by atoms with Gasteiger partial charge in [0.25, 0.3) is 0 Å². The summed E-state index contributed by atoms with van der Waals surface area (Å²) in [5.41, 5.74) is 5.71. The van der Waals surface area contributed by atoms with Crippen molar-refractivity contribution in [1.82, 2.24) is 10.9 Å². The Kier molecular flexibility index (Phi) is 4.70. The maximum atomic E-state index is 11.5. The molecule has 0 radical (unpaired) electrons. The van der Waals surface area contributed by atoms with Crippen molar-refractivity contribution in [3.63, 3.8) is 0 Å². The lowest BCUT2D eigenvalue weighted by molar-refractivity contribution is -0.119. The maximum Gasteiger partial charge on any atom is 0.245 e. The first-order chi connectivity index (χ1) is 9.54. The molecule has 0 spiro atoms. The molecular formula is C12H10Cl2N4O2. The van der Waals surface area contributed by atoms with Crippen LogP contribution in [0.1, 0.15) is 18.4 Å². The zero-order valence-corrected chi connectivity index (χ0v) is 11.7. The Morgan fingerprint density at radius 2 is 2.30 bits per heavy atom. The number of nitrogens with one attached hydrogen (secondary N) is 2. The van der Waals surface area contributed by atoms with Crippen molar-refractivity contribution < 1.29 is 9.59 Å². The summed E-state index contributed by atoms with van der Waals surface area (Å²) in [6.07, 6.45) is 1.57. The smallest absolute Gasteiger partial charge is 0.245 e. The van der Waals surface area contributed by atoms with Gasteiger partial charge in [0, 0.05) is 10.6 Å². The van der Waals surface area contributed by atoms with E-state index in [1.54, 1.807) is 18.2 Å². The summed E-state index contributed by atoms with van der Waals surface area (Å²) in [7, 11) is 0. The SMILES string of the molecule is O=C(CC1=NNC(=O)C1)NN=Cc1ccc(Cl)cc1Cl. The molecule has 0 saturated heterocycles. The first kappa shape index (κ1) is 14.5. The molecule has 2 N–H and O–H groups in total. The second kappa shape index (κ2) is 6.49. The van der Waals surface area contributed by atoms with E-state index in [4.69, 9.17) is 23.2 Å². The monoisotopic (exact) mass is 312 g/mol. The number of carbonyl (C=O) groups is 2. The highest BCUT2D eigenvalue weighted by atomic mass is 35.5. The summed E-state index contributed by atoms with van der Waals surface area (Å²) in [4.78, 5) is 22.4. The summed E-state index contributed by atoms with van der Waals surface area (Å²) < 4.78 is 0. The van der Waals surface area contributed by atoms with Gasteiger partial charge in [-0.3, -0.25) is 9.59 Å². The van der Waals surface area contributed by atoms with Crippen LogP contribution in [0.5, 0.6) is 0 Å². The molecule has 1 aromatic rings. The van der Waals surface area contributed by atoms with Gasteiger partial charge in [-0.25, -0.2) is 10.9 Å². The molecule has 104 valence electrons. The van der Waals surface area contributed by atoms with E-state index in [9.17, 15) is 9.59 Å². The van der Waals surface area contributed by atoms with Gasteiger partial charge in [-0.05, 0) is 12.1 Å². The van der Waals surface area contributed by atoms with Crippen LogP contribution < -0.4 is 10.9 Å². The van der Waals surface area contributed by atoms with Gasteiger partial charge in [0.2, 0.25) is 11.8 Å². The lowest BCUT2D eigenvalue weighted by Gasteiger charge is -2.00. The predicted octanol–water partition coefficient (Wildman–Crippen LogP) is 1.71. The number of rotatable bonds is 4. The Morgan fingerprint density at radius 1 is 1.50 bits per heavy atom. The van der Waals surface area contributed by atoms with Gasteiger partial charge in [-0.2, -0.15) is 10.2 Å². The molecular weight excluding hydrogens is 303 g/mol. The van der Waals surface area contributed by atoms with Crippen LogP contribution >= 0.6 is 23.2 Å². The molecule has 1 aliphatic rings. The lowest BCUT2D eigenvalue weighted by atomic mass is 10.2. The molecule has 20 heavy (non-hydrogen) atoms. The molecule has 2 amide bonds. The van der Waals surface area contributed by atoms with Crippen molar-refractivity contribution in [2.45, 2.75) is 12.8 Å². The normalized spacial score (nSPS) is 14.3. The Morgan fingerprint density at radius 3 is 2.95 bits per heavy atom. The molecule has 0 saturated carbocycles. The summed E-state index contributed by atoms with van der Waals surface area (Å²) in [5, 5.41) is 8.45. The van der Waals surface area contributed by atoms with Crippen LogP contribution in [0.4, 0.5) is 0 Å². The third-order valence-electron chi connectivity index (χ3n) is 2.42. The first-order valence-electron chi connectivity index (χ1n) is 5.66. The molecule has 8 heteroatoms. The van der Waals surface area contributed by atoms with Gasteiger partial charge < -0.3 is 0 Å². The van der Waals surface area contributed by atoms with Gasteiger partial charge in [0.05, 0.1) is 29.8 Å². The average Bonchev–Trinajstić information content (AvgIpc) is 2.77. The fraction of sp³-hybridized carbons (Fsp3) is 0.167. The molecule has 0 bridgehead atoms. The molecule has 0 unspecified atom stereocenters. The Hall–Kier alpha value is -1.92. The van der Waals surface area contributed by atoms with Crippen LogP contribution in [-0.4, -0.2) is 23.7 Å². The molecule has 1 aliphatic heterocycles. The zero-order valence-electron chi connectivity index (χ0n) is 10.2. The number of nitrogens with zero attached hydrogens (tertiary/aromatic N) is 2. The second-order valence-electron chi connectivity index (χ2n) is 4.03. The maximum absolute atomic E-state index is 11.5. The number of hydrogen-bond acceptors (Lipinski definition) is 4. The summed E-state index contributed by atoms with van der Waals surface area (Å²) >= 11 is 11.7. The van der Waals surface area contributed by atoms with E-state index in [0.717, 1.165) is 0 Å². The van der Waals surface area contributed by atoms with Gasteiger partial charge in [-0.15, -0.1) is 0 Å². The number of halogens is 2. The van der Waals surface area contributed by atoms with Crippen molar-refractivity contribution in [2.24, 2.45) is 10.2 Å². The number of hydrazone groups is 2. The third kappa shape index (κ3) is 4.04. The van der Waals surface area contributed by atoms with Gasteiger partial charge in [0.15, 0.2) is 0 Å². The third-order valence-corrected chi connectivity index (χ3v) is 2.99. The molecule has 0 fully saturated rings. The van der Waals surface area contributed by atoms with Crippen LogP contribution in [0.2, 0.25) is 10.0 Å². The van der Waals surface area contributed by atoms with Crippen LogP contribution in [0.3, 0.4) is 0 Å². The average molecular weight is 313 g/mol. The Labute approximate surface area is 124 Å². The lowest BCUT2D eigenvalue weighted by Crippen LogP contribution is -2.20. The molecule has 0 aliphatic carbocycles. The minimum atomic E-state index is -0.360. The fourth-order valence-corrected chi connectivity index (χ4v) is 1.97. The highest BCUT2D eigenvalue weighted by Crippen LogP contribution is 2.19. The van der Waals surface area contributed by atoms with Gasteiger partial charge >= 0.3 is 0 Å². The molecule has 6 nitrogen and oxygen atoms in total. The molecule has 0 atom stereocenters.